The molecule has 0 aliphatic heterocycles. The van der Waals surface area contributed by atoms with E-state index in [9.17, 15) is 4.79 Å². The zero-order valence-corrected chi connectivity index (χ0v) is 12.3. The van der Waals surface area contributed by atoms with Crippen LogP contribution in [0, 0.1) is 6.92 Å². The average molecular weight is 315 g/mol. The second-order valence-corrected chi connectivity index (χ2v) is 4.94. The number of benzene rings is 1. The van der Waals surface area contributed by atoms with E-state index in [1.807, 2.05) is 6.07 Å². The molecule has 0 spiro atoms. The third-order valence-corrected chi connectivity index (χ3v) is 3.16. The van der Waals surface area contributed by atoms with E-state index in [0.717, 1.165) is 5.69 Å². The molecule has 8 heteroatoms. The predicted octanol–water partition coefficient (Wildman–Crippen LogP) is 2.27. The molecular formula is C14H11ClN6O. The van der Waals surface area contributed by atoms with Crippen molar-refractivity contribution in [1.82, 2.24) is 25.2 Å². The molecule has 0 aliphatic carbocycles. The summed E-state index contributed by atoms with van der Waals surface area (Å²) in [7, 11) is 0. The van der Waals surface area contributed by atoms with Gasteiger partial charge in [-0.05, 0) is 47.7 Å². The van der Waals surface area contributed by atoms with Crippen molar-refractivity contribution in [2.75, 3.05) is 5.32 Å². The van der Waals surface area contributed by atoms with Gasteiger partial charge in [-0.2, -0.15) is 4.68 Å². The largest absolute Gasteiger partial charge is 0.321 e. The summed E-state index contributed by atoms with van der Waals surface area (Å²) in [6.07, 6.45) is 1.48. The molecule has 0 atom stereocenters. The van der Waals surface area contributed by atoms with Crippen LogP contribution in [0.15, 0.2) is 42.6 Å². The lowest BCUT2D eigenvalue weighted by atomic mass is 10.2. The lowest BCUT2D eigenvalue weighted by Gasteiger charge is -2.07. The zero-order chi connectivity index (χ0) is 15.5. The molecule has 2 aromatic heterocycles. The van der Waals surface area contributed by atoms with Crippen molar-refractivity contribution in [2.24, 2.45) is 0 Å². The first-order valence-corrected chi connectivity index (χ1v) is 6.79. The summed E-state index contributed by atoms with van der Waals surface area (Å²) in [6.45, 7) is 1.79. The highest BCUT2D eigenvalue weighted by Crippen LogP contribution is 2.16. The summed E-state index contributed by atoms with van der Waals surface area (Å²) in [5.41, 5.74) is 1.61. The van der Waals surface area contributed by atoms with E-state index in [2.05, 4.69) is 25.8 Å². The zero-order valence-electron chi connectivity index (χ0n) is 11.6. The summed E-state index contributed by atoms with van der Waals surface area (Å²) < 4.78 is 1.58. The number of nitrogens with one attached hydrogen (secondary N) is 1. The van der Waals surface area contributed by atoms with Crippen molar-refractivity contribution in [3.05, 3.63) is 59.1 Å². The summed E-state index contributed by atoms with van der Waals surface area (Å²) in [4.78, 5) is 16.1. The molecule has 22 heavy (non-hydrogen) atoms. The van der Waals surface area contributed by atoms with Gasteiger partial charge in [-0.25, -0.2) is 0 Å². The molecule has 1 aromatic carbocycles. The quantitative estimate of drug-likeness (QED) is 0.801. The number of rotatable bonds is 3. The van der Waals surface area contributed by atoms with Gasteiger partial charge in [-0.3, -0.25) is 9.78 Å². The monoisotopic (exact) mass is 314 g/mol. The fraction of sp³-hybridized carbons (Fsp3) is 0.0714. The number of hydrogen-bond donors (Lipinski definition) is 1. The predicted molar refractivity (Wildman–Crippen MR) is 81.1 cm³/mol. The van der Waals surface area contributed by atoms with Crippen molar-refractivity contribution in [3.8, 4) is 5.69 Å². The van der Waals surface area contributed by atoms with Crippen LogP contribution in [0.4, 0.5) is 5.69 Å². The van der Waals surface area contributed by atoms with Crippen molar-refractivity contribution in [2.45, 2.75) is 6.92 Å². The van der Waals surface area contributed by atoms with Gasteiger partial charge in [0, 0.05) is 16.9 Å². The first kappa shape index (κ1) is 14.2. The van der Waals surface area contributed by atoms with Gasteiger partial charge in [-0.15, -0.1) is 5.10 Å². The van der Waals surface area contributed by atoms with E-state index in [-0.39, 0.29) is 11.6 Å². The minimum Gasteiger partial charge on any atom is -0.321 e. The van der Waals surface area contributed by atoms with Crippen LogP contribution in [0.5, 0.6) is 0 Å². The number of anilines is 1. The molecule has 3 aromatic rings. The molecular weight excluding hydrogens is 304 g/mol. The first-order chi connectivity index (χ1) is 10.6. The number of hydrogen-bond acceptors (Lipinski definition) is 5. The molecule has 1 amide bonds. The van der Waals surface area contributed by atoms with Crippen LogP contribution in [-0.4, -0.2) is 31.1 Å². The number of amides is 1. The Morgan fingerprint density at radius 2 is 2.14 bits per heavy atom. The number of tetrazole rings is 1. The number of halogens is 1. The maximum Gasteiger partial charge on any atom is 0.274 e. The number of carbonyl (C=O) groups excluding carboxylic acids is 1. The first-order valence-electron chi connectivity index (χ1n) is 6.42. The summed E-state index contributed by atoms with van der Waals surface area (Å²) >= 11 is 5.86. The second kappa shape index (κ2) is 5.90. The van der Waals surface area contributed by atoms with Gasteiger partial charge in [0.15, 0.2) is 5.82 Å². The molecule has 0 unspecified atom stereocenters. The maximum atomic E-state index is 12.2. The molecule has 0 radical (unpaired) electrons. The second-order valence-electron chi connectivity index (χ2n) is 4.50. The minimum atomic E-state index is -0.340. The Bertz CT molecular complexity index is 831. The highest BCUT2D eigenvalue weighted by Gasteiger charge is 2.09. The Morgan fingerprint density at radius 1 is 1.27 bits per heavy atom. The fourth-order valence-electron chi connectivity index (χ4n) is 1.91. The molecule has 7 nitrogen and oxygen atoms in total. The fourth-order valence-corrected chi connectivity index (χ4v) is 2.07. The summed E-state index contributed by atoms with van der Waals surface area (Å²) in [6, 6.07) is 10.3. The van der Waals surface area contributed by atoms with Crippen molar-refractivity contribution >= 4 is 23.2 Å². The third kappa shape index (κ3) is 2.94. The molecule has 0 bridgehead atoms. The number of aryl methyl sites for hydroxylation is 1. The van der Waals surface area contributed by atoms with Crippen LogP contribution in [-0.2, 0) is 0 Å². The standard InChI is InChI=1S/C14H11ClN6O/c1-9-18-19-20-21(9)12-4-2-3-11(8-12)17-14(22)13-7-10(15)5-6-16-13/h2-8H,1H3,(H,17,22). The Balaban J connectivity index is 1.84. The van der Waals surface area contributed by atoms with Crippen LogP contribution < -0.4 is 5.32 Å². The van der Waals surface area contributed by atoms with E-state index in [1.165, 1.54) is 12.3 Å². The molecule has 3 rings (SSSR count). The molecule has 0 saturated carbocycles. The molecule has 1 N–H and O–H groups in total. The smallest absolute Gasteiger partial charge is 0.274 e. The normalized spacial score (nSPS) is 10.5. The molecule has 110 valence electrons. The van der Waals surface area contributed by atoms with Gasteiger partial charge in [0.1, 0.15) is 5.69 Å². The molecule has 0 saturated heterocycles. The Morgan fingerprint density at radius 3 is 2.86 bits per heavy atom. The summed E-state index contributed by atoms with van der Waals surface area (Å²) in [5.74, 6) is 0.313. The SMILES string of the molecule is Cc1nnnn1-c1cccc(NC(=O)c2cc(Cl)ccn2)c1. The number of pyridine rings is 1. The lowest BCUT2D eigenvalue weighted by molar-refractivity contribution is 0.102. The van der Waals surface area contributed by atoms with Crippen LogP contribution in [0.1, 0.15) is 16.3 Å². The van der Waals surface area contributed by atoms with E-state index in [0.29, 0.717) is 16.5 Å². The third-order valence-electron chi connectivity index (χ3n) is 2.93. The number of aromatic nitrogens is 5. The highest BCUT2D eigenvalue weighted by molar-refractivity contribution is 6.30. The molecule has 0 fully saturated rings. The van der Waals surface area contributed by atoms with Crippen LogP contribution in [0.25, 0.3) is 5.69 Å². The summed E-state index contributed by atoms with van der Waals surface area (Å²) in [5, 5.41) is 14.5. The van der Waals surface area contributed by atoms with Crippen molar-refractivity contribution in [3.63, 3.8) is 0 Å². The Kier molecular flexibility index (Phi) is 3.80. The van der Waals surface area contributed by atoms with Gasteiger partial charge in [0.2, 0.25) is 0 Å². The van der Waals surface area contributed by atoms with Gasteiger partial charge < -0.3 is 5.32 Å². The lowest BCUT2D eigenvalue weighted by Crippen LogP contribution is -2.13. The minimum absolute atomic E-state index is 0.247. The Hall–Kier alpha value is -2.80. The van der Waals surface area contributed by atoms with Crippen LogP contribution in [0.2, 0.25) is 5.02 Å². The topological polar surface area (TPSA) is 85.6 Å². The van der Waals surface area contributed by atoms with E-state index in [4.69, 9.17) is 11.6 Å². The Labute approximate surface area is 130 Å². The van der Waals surface area contributed by atoms with E-state index < -0.39 is 0 Å². The van der Waals surface area contributed by atoms with Crippen LogP contribution >= 0.6 is 11.6 Å². The average Bonchev–Trinajstić information content (AvgIpc) is 2.94. The van der Waals surface area contributed by atoms with Crippen molar-refractivity contribution < 1.29 is 4.79 Å². The van der Waals surface area contributed by atoms with Gasteiger partial charge in [0.25, 0.3) is 5.91 Å². The maximum absolute atomic E-state index is 12.2. The molecule has 2 heterocycles. The van der Waals surface area contributed by atoms with E-state index in [1.54, 1.807) is 35.9 Å². The van der Waals surface area contributed by atoms with E-state index >= 15 is 0 Å². The van der Waals surface area contributed by atoms with Gasteiger partial charge in [0.05, 0.1) is 5.69 Å². The molecule has 0 aliphatic rings. The highest BCUT2D eigenvalue weighted by atomic mass is 35.5. The number of carbonyl (C=O) groups is 1. The van der Waals surface area contributed by atoms with Crippen molar-refractivity contribution in [1.29, 1.82) is 0 Å². The number of nitrogens with zero attached hydrogens (tertiary/aromatic N) is 5. The van der Waals surface area contributed by atoms with Gasteiger partial charge >= 0.3 is 0 Å². The van der Waals surface area contributed by atoms with Gasteiger partial charge in [-0.1, -0.05) is 17.7 Å². The van der Waals surface area contributed by atoms with Crippen LogP contribution in [0.3, 0.4) is 0 Å².